The summed E-state index contributed by atoms with van der Waals surface area (Å²) in [6.45, 7) is 0. The molecule has 0 aliphatic carbocycles. The van der Waals surface area contributed by atoms with Gasteiger partial charge < -0.3 is 10.1 Å². The van der Waals surface area contributed by atoms with E-state index in [2.05, 4.69) is 37.6 Å². The number of rotatable bonds is 3. The summed E-state index contributed by atoms with van der Waals surface area (Å²) in [6, 6.07) is 7.79. The zero-order valence-corrected chi connectivity index (χ0v) is 13.0. The van der Waals surface area contributed by atoms with Gasteiger partial charge in [0, 0.05) is 9.26 Å². The van der Waals surface area contributed by atoms with Crippen molar-refractivity contribution in [2.75, 3.05) is 12.4 Å². The zero-order valence-electron chi connectivity index (χ0n) is 9.24. The molecule has 0 spiro atoms. The van der Waals surface area contributed by atoms with Gasteiger partial charge in [0.05, 0.1) is 7.11 Å². The van der Waals surface area contributed by atoms with E-state index in [0.29, 0.717) is 10.0 Å². The minimum absolute atomic E-state index is 0.153. The van der Waals surface area contributed by atoms with Crippen molar-refractivity contribution >= 4 is 62.3 Å². The second-order valence-electron chi connectivity index (χ2n) is 3.26. The number of ether oxygens (including phenoxy) is 1. The van der Waals surface area contributed by atoms with Crippen molar-refractivity contribution in [1.82, 2.24) is 4.98 Å². The molecule has 1 aromatic heterocycles. The lowest BCUT2D eigenvalue weighted by molar-refractivity contribution is 0.0606. The fourth-order valence-electron chi connectivity index (χ4n) is 1.23. The molecule has 4 nitrogen and oxygen atoms in total. The summed E-state index contributed by atoms with van der Waals surface area (Å²) in [5.74, 6) is -0.479. The minimum atomic E-state index is -0.479. The highest BCUT2D eigenvalue weighted by Gasteiger charge is 2.17. The Balaban J connectivity index is 2.20. The number of aromatic nitrogens is 1. The highest BCUT2D eigenvalue weighted by Crippen LogP contribution is 2.29. The molecule has 2 rings (SSSR count). The Labute approximate surface area is 126 Å². The molecule has 1 N–H and O–H groups in total. The van der Waals surface area contributed by atoms with Gasteiger partial charge in [0.15, 0.2) is 15.2 Å². The lowest BCUT2D eigenvalue weighted by Gasteiger charge is -2.01. The number of hydrogen-bond donors (Lipinski definition) is 1. The molecule has 18 heavy (non-hydrogen) atoms. The Morgan fingerprint density at radius 3 is 2.72 bits per heavy atom. The van der Waals surface area contributed by atoms with Crippen LogP contribution in [0.2, 0.25) is 5.15 Å². The first-order chi connectivity index (χ1) is 8.60. The van der Waals surface area contributed by atoms with Crippen LogP contribution in [0.3, 0.4) is 0 Å². The molecule has 2 aromatic rings. The van der Waals surface area contributed by atoms with Crippen LogP contribution in [0.25, 0.3) is 0 Å². The number of methoxy groups -OCH3 is 1. The Morgan fingerprint density at radius 1 is 1.44 bits per heavy atom. The molecule has 0 saturated carbocycles. The standard InChI is InChI=1S/C11H8ClIN2O2S/c1-17-10(16)8-9(12)15-11(18-8)14-7-4-2-6(13)3-5-7/h2-5H,1H3,(H,14,15). The van der Waals surface area contributed by atoms with Gasteiger partial charge in [-0.15, -0.1) is 0 Å². The SMILES string of the molecule is COC(=O)c1sc(Nc2ccc(I)cc2)nc1Cl. The number of benzene rings is 1. The Kier molecular flexibility index (Phi) is 4.41. The molecule has 0 amide bonds. The lowest BCUT2D eigenvalue weighted by atomic mass is 10.3. The molecule has 0 aliphatic rings. The van der Waals surface area contributed by atoms with E-state index >= 15 is 0 Å². The topological polar surface area (TPSA) is 51.2 Å². The van der Waals surface area contributed by atoms with Crippen LogP contribution in [0.4, 0.5) is 10.8 Å². The van der Waals surface area contributed by atoms with E-state index in [1.54, 1.807) is 0 Å². The van der Waals surface area contributed by atoms with Crippen LogP contribution in [-0.2, 0) is 4.74 Å². The van der Waals surface area contributed by atoms with Crippen molar-refractivity contribution in [3.63, 3.8) is 0 Å². The quantitative estimate of drug-likeness (QED) is 0.633. The molecule has 1 aromatic carbocycles. The van der Waals surface area contributed by atoms with Crippen molar-refractivity contribution in [3.05, 3.63) is 37.9 Å². The van der Waals surface area contributed by atoms with Gasteiger partial charge in [0.25, 0.3) is 0 Å². The second-order valence-corrected chi connectivity index (χ2v) is 5.87. The van der Waals surface area contributed by atoms with E-state index in [1.807, 2.05) is 24.3 Å². The van der Waals surface area contributed by atoms with Gasteiger partial charge in [0.2, 0.25) is 0 Å². The van der Waals surface area contributed by atoms with Crippen LogP contribution in [0.5, 0.6) is 0 Å². The third-order valence-electron chi connectivity index (χ3n) is 2.05. The predicted molar refractivity (Wildman–Crippen MR) is 80.9 cm³/mol. The number of halogens is 2. The molecule has 0 atom stereocenters. The fraction of sp³-hybridized carbons (Fsp3) is 0.0909. The maximum atomic E-state index is 11.4. The fourth-order valence-corrected chi connectivity index (χ4v) is 2.71. The summed E-state index contributed by atoms with van der Waals surface area (Å²) < 4.78 is 5.76. The van der Waals surface area contributed by atoms with Crippen LogP contribution in [0.15, 0.2) is 24.3 Å². The summed E-state index contributed by atoms with van der Waals surface area (Å²) in [6.07, 6.45) is 0. The lowest BCUT2D eigenvalue weighted by Crippen LogP contribution is -1.98. The number of nitrogens with one attached hydrogen (secondary N) is 1. The molecule has 0 unspecified atom stereocenters. The van der Waals surface area contributed by atoms with E-state index in [0.717, 1.165) is 20.6 Å². The first kappa shape index (κ1) is 13.6. The summed E-state index contributed by atoms with van der Waals surface area (Å²) in [7, 11) is 1.31. The molecule has 0 bridgehead atoms. The van der Waals surface area contributed by atoms with Gasteiger partial charge in [0.1, 0.15) is 0 Å². The maximum absolute atomic E-state index is 11.4. The van der Waals surface area contributed by atoms with Crippen LogP contribution >= 0.6 is 45.5 Å². The van der Waals surface area contributed by atoms with Gasteiger partial charge >= 0.3 is 5.97 Å². The van der Waals surface area contributed by atoms with Crippen LogP contribution < -0.4 is 5.32 Å². The van der Waals surface area contributed by atoms with Crippen molar-refractivity contribution in [2.45, 2.75) is 0 Å². The summed E-state index contributed by atoms with van der Waals surface area (Å²) in [5, 5.41) is 3.79. The molecule has 0 fully saturated rings. The van der Waals surface area contributed by atoms with Gasteiger partial charge in [-0.1, -0.05) is 22.9 Å². The normalized spacial score (nSPS) is 10.2. The number of nitrogens with zero attached hydrogens (tertiary/aromatic N) is 1. The van der Waals surface area contributed by atoms with Gasteiger partial charge in [-0.3, -0.25) is 0 Å². The number of carbonyl (C=O) groups excluding carboxylic acids is 1. The molecule has 94 valence electrons. The summed E-state index contributed by atoms with van der Waals surface area (Å²) in [5.41, 5.74) is 0.886. The molecule has 1 heterocycles. The Morgan fingerprint density at radius 2 is 2.11 bits per heavy atom. The van der Waals surface area contributed by atoms with Crippen molar-refractivity contribution in [2.24, 2.45) is 0 Å². The molecule has 7 heteroatoms. The van der Waals surface area contributed by atoms with Crippen molar-refractivity contribution in [3.8, 4) is 0 Å². The minimum Gasteiger partial charge on any atom is -0.465 e. The first-order valence-electron chi connectivity index (χ1n) is 4.87. The second kappa shape index (κ2) is 5.85. The highest BCUT2D eigenvalue weighted by molar-refractivity contribution is 14.1. The van der Waals surface area contributed by atoms with Gasteiger partial charge in [-0.05, 0) is 46.9 Å². The van der Waals surface area contributed by atoms with Crippen molar-refractivity contribution in [1.29, 1.82) is 0 Å². The van der Waals surface area contributed by atoms with Gasteiger partial charge in [-0.25, -0.2) is 9.78 Å². The zero-order chi connectivity index (χ0) is 13.1. The molecule has 0 aliphatic heterocycles. The molecule has 0 radical (unpaired) electrons. The van der Waals surface area contributed by atoms with Crippen LogP contribution in [0.1, 0.15) is 9.67 Å². The first-order valence-corrected chi connectivity index (χ1v) is 7.14. The monoisotopic (exact) mass is 394 g/mol. The number of anilines is 2. The van der Waals surface area contributed by atoms with E-state index in [-0.39, 0.29) is 5.15 Å². The molecule has 0 saturated heterocycles. The largest absolute Gasteiger partial charge is 0.465 e. The summed E-state index contributed by atoms with van der Waals surface area (Å²) >= 11 is 9.26. The smallest absolute Gasteiger partial charge is 0.351 e. The van der Waals surface area contributed by atoms with Crippen LogP contribution in [0, 0.1) is 3.57 Å². The molecular formula is C11H8ClIN2O2S. The molecular weight excluding hydrogens is 387 g/mol. The Bertz CT molecular complexity index is 571. The summed E-state index contributed by atoms with van der Waals surface area (Å²) in [4.78, 5) is 15.7. The Hall–Kier alpha value is -0.860. The number of esters is 1. The third-order valence-corrected chi connectivity index (χ3v) is 4.11. The maximum Gasteiger partial charge on any atom is 0.351 e. The number of carbonyl (C=O) groups is 1. The van der Waals surface area contributed by atoms with Crippen molar-refractivity contribution < 1.29 is 9.53 Å². The number of hydrogen-bond acceptors (Lipinski definition) is 5. The number of thiazole rings is 1. The highest BCUT2D eigenvalue weighted by atomic mass is 127. The third kappa shape index (κ3) is 3.12. The van der Waals surface area contributed by atoms with Gasteiger partial charge in [-0.2, -0.15) is 0 Å². The van der Waals surface area contributed by atoms with E-state index in [9.17, 15) is 4.79 Å². The average molecular weight is 395 g/mol. The average Bonchev–Trinajstić information content (AvgIpc) is 2.72. The predicted octanol–water partition coefficient (Wildman–Crippen LogP) is 3.93. The van der Waals surface area contributed by atoms with E-state index in [1.165, 1.54) is 7.11 Å². The van der Waals surface area contributed by atoms with E-state index < -0.39 is 5.97 Å². The van der Waals surface area contributed by atoms with Crippen LogP contribution in [-0.4, -0.2) is 18.1 Å². The van der Waals surface area contributed by atoms with E-state index in [4.69, 9.17) is 11.6 Å².